The molecule has 0 radical (unpaired) electrons. The summed E-state index contributed by atoms with van der Waals surface area (Å²) in [6.07, 6.45) is 0. The number of methoxy groups -OCH3 is 1. The van der Waals surface area contributed by atoms with Gasteiger partial charge in [-0.1, -0.05) is 29.8 Å². The monoisotopic (exact) mass is 524 g/mol. The molecule has 9 heteroatoms. The number of carboxylic acids is 1. The Balaban J connectivity index is 1.77. The van der Waals surface area contributed by atoms with Gasteiger partial charge in [-0.15, -0.1) is 0 Å². The van der Waals surface area contributed by atoms with Crippen LogP contribution in [0.25, 0.3) is 0 Å². The average molecular weight is 525 g/mol. The Bertz CT molecular complexity index is 1260. The Kier molecular flexibility index (Phi) is 8.53. The third-order valence-corrected chi connectivity index (χ3v) is 6.34. The number of hydrogen-bond acceptors (Lipinski definition) is 6. The predicted octanol–water partition coefficient (Wildman–Crippen LogP) is 5.13. The van der Waals surface area contributed by atoms with Crippen molar-refractivity contribution in [1.82, 2.24) is 0 Å². The molecule has 0 atom stereocenters. The molecule has 0 spiro atoms. The summed E-state index contributed by atoms with van der Waals surface area (Å²) in [6.45, 7) is 4.64. The van der Waals surface area contributed by atoms with Crippen molar-refractivity contribution in [3.8, 4) is 11.5 Å². The van der Waals surface area contributed by atoms with Crippen molar-refractivity contribution < 1.29 is 28.9 Å². The number of carbonyl (C=O) groups is 2. The molecule has 37 heavy (non-hydrogen) atoms. The van der Waals surface area contributed by atoms with Crippen LogP contribution in [0.2, 0.25) is 5.02 Å². The molecule has 1 aliphatic heterocycles. The summed E-state index contributed by atoms with van der Waals surface area (Å²) in [4.78, 5) is 29.5. The molecule has 4 rings (SSSR count). The maximum absolute atomic E-state index is 13.7. The summed E-state index contributed by atoms with van der Waals surface area (Å²) >= 11 is 6.49. The summed E-state index contributed by atoms with van der Waals surface area (Å²) in [6, 6.07) is 17.4. The van der Waals surface area contributed by atoms with E-state index in [0.717, 1.165) is 0 Å². The van der Waals surface area contributed by atoms with Crippen LogP contribution in [-0.4, -0.2) is 57.0 Å². The number of aromatic carboxylic acids is 1. The highest BCUT2D eigenvalue weighted by Gasteiger charge is 2.24. The van der Waals surface area contributed by atoms with Crippen LogP contribution in [0.15, 0.2) is 60.7 Å². The van der Waals surface area contributed by atoms with E-state index in [1.165, 1.54) is 12.0 Å². The Hall–Kier alpha value is -3.75. The molecule has 1 amide bonds. The van der Waals surface area contributed by atoms with Crippen LogP contribution in [-0.2, 0) is 11.3 Å². The summed E-state index contributed by atoms with van der Waals surface area (Å²) in [7, 11) is 1.52. The van der Waals surface area contributed by atoms with Crippen molar-refractivity contribution in [2.75, 3.05) is 49.8 Å². The molecule has 0 bridgehead atoms. The molecule has 0 unspecified atom stereocenters. The van der Waals surface area contributed by atoms with E-state index in [2.05, 4.69) is 0 Å². The first-order valence-electron chi connectivity index (χ1n) is 12.0. The SMILES string of the molecule is CCOc1c(Cl)cc(CN(C(=O)c2ccccc2)c2ccc(N3CCOCC3)c(C(=O)O)c2)cc1OC. The van der Waals surface area contributed by atoms with Gasteiger partial charge in [0.1, 0.15) is 0 Å². The van der Waals surface area contributed by atoms with E-state index in [0.29, 0.717) is 71.9 Å². The first kappa shape index (κ1) is 26.3. The lowest BCUT2D eigenvalue weighted by Gasteiger charge is -2.31. The van der Waals surface area contributed by atoms with Crippen LogP contribution in [0.4, 0.5) is 11.4 Å². The Morgan fingerprint density at radius 1 is 1.08 bits per heavy atom. The molecule has 1 fully saturated rings. The molecule has 1 aliphatic rings. The number of nitrogens with zero attached hydrogens (tertiary/aromatic N) is 2. The maximum Gasteiger partial charge on any atom is 0.337 e. The fourth-order valence-corrected chi connectivity index (χ4v) is 4.58. The van der Waals surface area contributed by atoms with Crippen LogP contribution in [0.3, 0.4) is 0 Å². The van der Waals surface area contributed by atoms with Crippen molar-refractivity contribution in [2.45, 2.75) is 13.5 Å². The van der Waals surface area contributed by atoms with Gasteiger partial charge >= 0.3 is 5.97 Å². The van der Waals surface area contributed by atoms with Crippen LogP contribution in [0, 0.1) is 0 Å². The minimum absolute atomic E-state index is 0.118. The van der Waals surface area contributed by atoms with Crippen molar-refractivity contribution in [2.24, 2.45) is 0 Å². The number of ether oxygens (including phenoxy) is 3. The normalized spacial score (nSPS) is 13.2. The van der Waals surface area contributed by atoms with Gasteiger partial charge in [0.15, 0.2) is 11.5 Å². The molecule has 8 nitrogen and oxygen atoms in total. The minimum atomic E-state index is -1.07. The number of anilines is 2. The van der Waals surface area contributed by atoms with Crippen molar-refractivity contribution >= 4 is 34.9 Å². The Morgan fingerprint density at radius 2 is 1.81 bits per heavy atom. The van der Waals surface area contributed by atoms with Gasteiger partial charge in [-0.3, -0.25) is 4.79 Å². The van der Waals surface area contributed by atoms with Gasteiger partial charge in [-0.25, -0.2) is 4.79 Å². The first-order valence-corrected chi connectivity index (χ1v) is 12.4. The van der Waals surface area contributed by atoms with Crippen LogP contribution in [0.5, 0.6) is 11.5 Å². The molecule has 3 aromatic carbocycles. The largest absolute Gasteiger partial charge is 0.493 e. The van der Waals surface area contributed by atoms with E-state index >= 15 is 0 Å². The molecule has 1 N–H and O–H groups in total. The molecule has 3 aromatic rings. The van der Waals surface area contributed by atoms with Gasteiger partial charge in [0.05, 0.1) is 49.7 Å². The molecule has 0 saturated carbocycles. The molecule has 0 aliphatic carbocycles. The van der Waals surface area contributed by atoms with Crippen LogP contribution >= 0.6 is 11.6 Å². The Labute approximate surface area is 220 Å². The summed E-state index contributed by atoms with van der Waals surface area (Å²) in [5.74, 6) is -0.467. The van der Waals surface area contributed by atoms with E-state index in [9.17, 15) is 14.7 Å². The van der Waals surface area contributed by atoms with E-state index in [1.807, 2.05) is 17.9 Å². The molecular weight excluding hydrogens is 496 g/mol. The third-order valence-electron chi connectivity index (χ3n) is 6.06. The lowest BCUT2D eigenvalue weighted by Crippen LogP contribution is -2.37. The average Bonchev–Trinajstić information content (AvgIpc) is 2.93. The highest BCUT2D eigenvalue weighted by Crippen LogP contribution is 2.37. The van der Waals surface area contributed by atoms with Gasteiger partial charge in [0.2, 0.25) is 0 Å². The fraction of sp³-hybridized carbons (Fsp3) is 0.286. The fourth-order valence-electron chi connectivity index (χ4n) is 4.29. The second-order valence-electron chi connectivity index (χ2n) is 8.41. The third kappa shape index (κ3) is 5.98. The zero-order valence-electron chi connectivity index (χ0n) is 20.8. The van der Waals surface area contributed by atoms with E-state index in [1.54, 1.807) is 54.6 Å². The van der Waals surface area contributed by atoms with Gasteiger partial charge in [-0.2, -0.15) is 0 Å². The highest BCUT2D eigenvalue weighted by molar-refractivity contribution is 6.32. The van der Waals surface area contributed by atoms with E-state index < -0.39 is 5.97 Å². The van der Waals surface area contributed by atoms with Crippen molar-refractivity contribution in [1.29, 1.82) is 0 Å². The number of carboxylic acid groups (broad SMARTS) is 1. The van der Waals surface area contributed by atoms with Crippen molar-refractivity contribution in [3.63, 3.8) is 0 Å². The highest BCUT2D eigenvalue weighted by atomic mass is 35.5. The Morgan fingerprint density at radius 3 is 2.46 bits per heavy atom. The number of halogens is 1. The van der Waals surface area contributed by atoms with Gasteiger partial charge < -0.3 is 29.1 Å². The summed E-state index contributed by atoms with van der Waals surface area (Å²) < 4.78 is 16.5. The number of morpholine rings is 1. The number of hydrogen-bond donors (Lipinski definition) is 1. The molecule has 1 saturated heterocycles. The van der Waals surface area contributed by atoms with Crippen molar-refractivity contribution in [3.05, 3.63) is 82.4 Å². The van der Waals surface area contributed by atoms with Gasteiger partial charge in [0.25, 0.3) is 5.91 Å². The lowest BCUT2D eigenvalue weighted by molar-refractivity contribution is 0.0696. The van der Waals surface area contributed by atoms with E-state index in [-0.39, 0.29) is 18.0 Å². The number of rotatable bonds is 9. The zero-order valence-corrected chi connectivity index (χ0v) is 21.5. The summed E-state index contributed by atoms with van der Waals surface area (Å²) in [5.41, 5.74) is 2.33. The second-order valence-corrected chi connectivity index (χ2v) is 8.81. The minimum Gasteiger partial charge on any atom is -0.493 e. The number of carbonyl (C=O) groups excluding carboxylic acids is 1. The van der Waals surface area contributed by atoms with E-state index in [4.69, 9.17) is 25.8 Å². The smallest absolute Gasteiger partial charge is 0.337 e. The van der Waals surface area contributed by atoms with Gasteiger partial charge in [0, 0.05) is 24.3 Å². The quantitative estimate of drug-likeness (QED) is 0.415. The lowest BCUT2D eigenvalue weighted by atomic mass is 10.1. The first-order chi connectivity index (χ1) is 17.9. The van der Waals surface area contributed by atoms with Crippen LogP contribution in [0.1, 0.15) is 33.2 Å². The standard InChI is InChI=1S/C28H29ClN2O6/c1-3-37-26-23(29)15-19(16-25(26)35-2)18-31(27(32)20-7-5-4-6-8-20)21-9-10-24(22(17-21)28(33)34)30-11-13-36-14-12-30/h4-10,15-17H,3,11-14,18H2,1-2H3,(H,33,34). The topological polar surface area (TPSA) is 88.5 Å². The molecular formula is C28H29ClN2O6. The maximum atomic E-state index is 13.7. The molecule has 0 aromatic heterocycles. The molecule has 1 heterocycles. The predicted molar refractivity (Wildman–Crippen MR) is 143 cm³/mol. The van der Waals surface area contributed by atoms with Crippen LogP contribution < -0.4 is 19.3 Å². The second kappa shape index (κ2) is 12.0. The molecule has 194 valence electrons. The number of benzene rings is 3. The van der Waals surface area contributed by atoms with Gasteiger partial charge in [-0.05, 0) is 55.0 Å². The zero-order chi connectivity index (χ0) is 26.4. The number of amides is 1. The summed E-state index contributed by atoms with van der Waals surface area (Å²) in [5, 5.41) is 10.4.